The molecule has 0 spiro atoms. The van der Waals surface area contributed by atoms with Crippen LogP contribution in [-0.4, -0.2) is 24.2 Å². The van der Waals surface area contributed by atoms with Gasteiger partial charge in [-0.1, -0.05) is 0 Å². The van der Waals surface area contributed by atoms with Crippen molar-refractivity contribution in [3.8, 4) is 11.9 Å². The van der Waals surface area contributed by atoms with Crippen LogP contribution in [0.3, 0.4) is 0 Å². The van der Waals surface area contributed by atoms with Gasteiger partial charge >= 0.3 is 5.97 Å². The molecule has 0 bridgehead atoms. The van der Waals surface area contributed by atoms with E-state index in [0.717, 1.165) is 0 Å². The molecule has 0 N–H and O–H groups in total. The first kappa shape index (κ1) is 13.0. The van der Waals surface area contributed by atoms with Gasteiger partial charge in [0.25, 0.3) is 0 Å². The summed E-state index contributed by atoms with van der Waals surface area (Å²) in [5.41, 5.74) is 1.15. The summed E-state index contributed by atoms with van der Waals surface area (Å²) in [6, 6.07) is 3.53. The second-order valence-electron chi connectivity index (χ2n) is 3.27. The van der Waals surface area contributed by atoms with Crippen LogP contribution in [0.2, 0.25) is 0 Å². The van der Waals surface area contributed by atoms with Crippen LogP contribution in [0.25, 0.3) is 0 Å². The third-order valence-electron chi connectivity index (χ3n) is 2.06. The molecule has 1 aromatic rings. The van der Waals surface area contributed by atoms with E-state index in [-0.39, 0.29) is 18.2 Å². The van der Waals surface area contributed by atoms with Crippen LogP contribution in [-0.2, 0) is 4.74 Å². The van der Waals surface area contributed by atoms with Crippen molar-refractivity contribution in [1.29, 1.82) is 5.26 Å². The Morgan fingerprint density at radius 3 is 2.71 bits per heavy atom. The van der Waals surface area contributed by atoms with Crippen LogP contribution >= 0.6 is 0 Å². The number of carbonyl (C=O) groups excluding carboxylic acids is 1. The molecule has 0 fully saturated rings. The molecular formula is C12H14N2O3. The number of aryl methyl sites for hydroxylation is 1. The number of ether oxygens (including phenoxy) is 2. The average molecular weight is 234 g/mol. The van der Waals surface area contributed by atoms with Crippen molar-refractivity contribution in [2.24, 2.45) is 0 Å². The summed E-state index contributed by atoms with van der Waals surface area (Å²) in [6.07, 6.45) is 0. The normalized spacial score (nSPS) is 9.53. The number of carbonyl (C=O) groups is 1. The maximum Gasteiger partial charge on any atom is 0.357 e. The van der Waals surface area contributed by atoms with Gasteiger partial charge in [0.05, 0.1) is 13.2 Å². The summed E-state index contributed by atoms with van der Waals surface area (Å²) in [6.45, 7) is 5.90. The van der Waals surface area contributed by atoms with E-state index in [9.17, 15) is 4.79 Å². The van der Waals surface area contributed by atoms with Gasteiger partial charge in [-0.3, -0.25) is 0 Å². The molecule has 0 aliphatic rings. The lowest BCUT2D eigenvalue weighted by atomic mass is 10.1. The van der Waals surface area contributed by atoms with E-state index >= 15 is 0 Å². The minimum absolute atomic E-state index is 0.159. The van der Waals surface area contributed by atoms with Gasteiger partial charge in [-0.05, 0) is 32.4 Å². The Morgan fingerprint density at radius 1 is 1.47 bits per heavy atom. The number of rotatable bonds is 4. The minimum atomic E-state index is -0.513. The van der Waals surface area contributed by atoms with Crippen LogP contribution in [0.1, 0.15) is 35.5 Å². The number of nitrogens with zero attached hydrogens (tertiary/aromatic N) is 2. The zero-order valence-corrected chi connectivity index (χ0v) is 10.1. The fourth-order valence-corrected chi connectivity index (χ4v) is 1.33. The van der Waals surface area contributed by atoms with Crippen molar-refractivity contribution in [1.82, 2.24) is 4.98 Å². The molecule has 0 saturated heterocycles. The van der Waals surface area contributed by atoms with Crippen LogP contribution in [0, 0.1) is 18.3 Å². The first-order valence-corrected chi connectivity index (χ1v) is 5.35. The average Bonchev–Trinajstić information content (AvgIpc) is 2.29. The van der Waals surface area contributed by atoms with Gasteiger partial charge < -0.3 is 9.47 Å². The standard InChI is InChI=1S/C12H14N2O3/c1-4-16-11-9(7-13)8(3)6-10(14-11)12(15)17-5-2/h6H,4-5H2,1-3H3. The zero-order valence-electron chi connectivity index (χ0n) is 10.1. The molecule has 1 aromatic heterocycles. The van der Waals surface area contributed by atoms with Crippen molar-refractivity contribution in [2.75, 3.05) is 13.2 Å². The summed E-state index contributed by atoms with van der Waals surface area (Å²) < 4.78 is 10.1. The lowest BCUT2D eigenvalue weighted by Crippen LogP contribution is -2.10. The van der Waals surface area contributed by atoms with Gasteiger partial charge in [0.2, 0.25) is 5.88 Å². The van der Waals surface area contributed by atoms with Crippen molar-refractivity contribution < 1.29 is 14.3 Å². The predicted octanol–water partition coefficient (Wildman–Crippen LogP) is 1.84. The SMILES string of the molecule is CCOC(=O)c1cc(C)c(C#N)c(OCC)n1. The van der Waals surface area contributed by atoms with Crippen molar-refractivity contribution in [3.05, 3.63) is 22.9 Å². The summed E-state index contributed by atoms with van der Waals surface area (Å²) >= 11 is 0. The Labute approximate surface area is 100.0 Å². The molecule has 5 nitrogen and oxygen atoms in total. The molecule has 0 atom stereocenters. The number of esters is 1. The van der Waals surface area contributed by atoms with Crippen LogP contribution in [0.4, 0.5) is 0 Å². The molecule has 5 heteroatoms. The summed E-state index contributed by atoms with van der Waals surface area (Å²) in [5.74, 6) is -0.334. The second-order valence-corrected chi connectivity index (χ2v) is 3.27. The van der Waals surface area contributed by atoms with E-state index in [2.05, 4.69) is 4.98 Å². The van der Waals surface area contributed by atoms with Crippen molar-refractivity contribution in [3.63, 3.8) is 0 Å². The molecule has 0 aromatic carbocycles. The molecule has 17 heavy (non-hydrogen) atoms. The summed E-state index contributed by atoms with van der Waals surface area (Å²) in [5, 5.41) is 8.97. The number of hydrogen-bond donors (Lipinski definition) is 0. The van der Waals surface area contributed by atoms with Gasteiger partial charge in [-0.15, -0.1) is 0 Å². The van der Waals surface area contributed by atoms with E-state index in [1.165, 1.54) is 6.07 Å². The largest absolute Gasteiger partial charge is 0.477 e. The topological polar surface area (TPSA) is 72.2 Å². The molecular weight excluding hydrogens is 220 g/mol. The highest BCUT2D eigenvalue weighted by atomic mass is 16.5. The maximum atomic E-state index is 11.5. The Morgan fingerprint density at radius 2 is 2.18 bits per heavy atom. The number of pyridine rings is 1. The fourth-order valence-electron chi connectivity index (χ4n) is 1.33. The van der Waals surface area contributed by atoms with E-state index in [1.807, 2.05) is 6.07 Å². The lowest BCUT2D eigenvalue weighted by Gasteiger charge is -2.09. The first-order chi connectivity index (χ1) is 8.13. The zero-order chi connectivity index (χ0) is 12.8. The smallest absolute Gasteiger partial charge is 0.357 e. The van der Waals surface area contributed by atoms with Crippen molar-refractivity contribution in [2.45, 2.75) is 20.8 Å². The van der Waals surface area contributed by atoms with E-state index in [4.69, 9.17) is 14.7 Å². The van der Waals surface area contributed by atoms with Crippen LogP contribution in [0.5, 0.6) is 5.88 Å². The van der Waals surface area contributed by atoms with Crippen LogP contribution < -0.4 is 4.74 Å². The maximum absolute atomic E-state index is 11.5. The third-order valence-corrected chi connectivity index (χ3v) is 2.06. The minimum Gasteiger partial charge on any atom is -0.477 e. The van der Waals surface area contributed by atoms with Crippen molar-refractivity contribution >= 4 is 5.97 Å². The number of aromatic nitrogens is 1. The summed E-state index contributed by atoms with van der Waals surface area (Å²) in [7, 11) is 0. The lowest BCUT2D eigenvalue weighted by molar-refractivity contribution is 0.0518. The van der Waals surface area contributed by atoms with Crippen LogP contribution in [0.15, 0.2) is 6.07 Å². The number of nitriles is 1. The van der Waals surface area contributed by atoms with Gasteiger partial charge in [0.15, 0.2) is 5.69 Å². The van der Waals surface area contributed by atoms with E-state index in [1.54, 1.807) is 20.8 Å². The van der Waals surface area contributed by atoms with E-state index in [0.29, 0.717) is 17.7 Å². The van der Waals surface area contributed by atoms with Gasteiger partial charge in [0.1, 0.15) is 11.6 Å². The Hall–Kier alpha value is -2.09. The Kier molecular flexibility index (Phi) is 4.46. The summed E-state index contributed by atoms with van der Waals surface area (Å²) in [4.78, 5) is 15.5. The quantitative estimate of drug-likeness (QED) is 0.743. The molecule has 90 valence electrons. The second kappa shape index (κ2) is 5.85. The molecule has 1 rings (SSSR count). The van der Waals surface area contributed by atoms with Gasteiger partial charge in [-0.2, -0.15) is 5.26 Å². The Balaban J connectivity index is 3.20. The predicted molar refractivity (Wildman–Crippen MR) is 60.8 cm³/mol. The van der Waals surface area contributed by atoms with E-state index < -0.39 is 5.97 Å². The molecule has 0 saturated carbocycles. The highest BCUT2D eigenvalue weighted by Crippen LogP contribution is 2.20. The molecule has 0 aliphatic heterocycles. The Bertz CT molecular complexity index is 464. The molecule has 1 heterocycles. The van der Waals surface area contributed by atoms with Gasteiger partial charge in [-0.25, -0.2) is 9.78 Å². The first-order valence-electron chi connectivity index (χ1n) is 5.35. The highest BCUT2D eigenvalue weighted by Gasteiger charge is 2.16. The third kappa shape index (κ3) is 2.94. The fraction of sp³-hybridized carbons (Fsp3) is 0.417. The molecule has 0 amide bonds. The molecule has 0 radical (unpaired) electrons. The van der Waals surface area contributed by atoms with Gasteiger partial charge in [0, 0.05) is 0 Å². The molecule has 0 unspecified atom stereocenters. The molecule has 0 aliphatic carbocycles. The highest BCUT2D eigenvalue weighted by molar-refractivity contribution is 5.87. The monoisotopic (exact) mass is 234 g/mol. The number of hydrogen-bond acceptors (Lipinski definition) is 5.